The van der Waals surface area contributed by atoms with Gasteiger partial charge >= 0.3 is 0 Å². The van der Waals surface area contributed by atoms with E-state index in [0.29, 0.717) is 18.1 Å². The van der Waals surface area contributed by atoms with Gasteiger partial charge in [-0.15, -0.1) is 0 Å². The van der Waals surface area contributed by atoms with Crippen molar-refractivity contribution in [3.63, 3.8) is 0 Å². The van der Waals surface area contributed by atoms with Gasteiger partial charge in [-0.3, -0.25) is 4.79 Å². The third-order valence-electron chi connectivity index (χ3n) is 5.70. The van der Waals surface area contributed by atoms with Crippen LogP contribution in [0.15, 0.2) is 48.7 Å². The van der Waals surface area contributed by atoms with Crippen LogP contribution in [0, 0.1) is 13.8 Å². The average molecular weight is 451 g/mol. The number of anilines is 3. The van der Waals surface area contributed by atoms with Crippen molar-refractivity contribution in [2.75, 3.05) is 30.3 Å². The molecule has 166 valence electrons. The van der Waals surface area contributed by atoms with Gasteiger partial charge in [0, 0.05) is 47.7 Å². The summed E-state index contributed by atoms with van der Waals surface area (Å²) in [6.07, 6.45) is 3.43. The fourth-order valence-electron chi connectivity index (χ4n) is 3.87. The molecule has 1 aliphatic heterocycles. The number of amides is 1. The second-order valence-electron chi connectivity index (χ2n) is 8.01. The Hall–Kier alpha value is -3.19. The molecule has 3 heterocycles. The Bertz CT molecular complexity index is 1080. The number of carbonyl (C=O) groups is 1. The lowest BCUT2D eigenvalue weighted by Gasteiger charge is -2.31. The number of halogens is 1. The summed E-state index contributed by atoms with van der Waals surface area (Å²) < 4.78 is 0. The summed E-state index contributed by atoms with van der Waals surface area (Å²) in [7, 11) is 0. The molecular weight excluding hydrogens is 424 g/mol. The molecular formula is C24H27ClN6O. The quantitative estimate of drug-likeness (QED) is 0.566. The zero-order chi connectivity index (χ0) is 22.5. The summed E-state index contributed by atoms with van der Waals surface area (Å²) in [4.78, 5) is 28.3. The van der Waals surface area contributed by atoms with Crippen molar-refractivity contribution in [1.82, 2.24) is 19.9 Å². The van der Waals surface area contributed by atoms with Crippen molar-refractivity contribution < 1.29 is 4.79 Å². The number of pyridine rings is 1. The van der Waals surface area contributed by atoms with Gasteiger partial charge in [-0.05, 0) is 56.5 Å². The number of hydrogen-bond donors (Lipinski definition) is 2. The van der Waals surface area contributed by atoms with Crippen molar-refractivity contribution in [1.29, 1.82) is 0 Å². The number of aromatic nitrogens is 3. The van der Waals surface area contributed by atoms with E-state index in [-0.39, 0.29) is 18.4 Å². The summed E-state index contributed by atoms with van der Waals surface area (Å²) in [6, 6.07) is 13.3. The topological polar surface area (TPSA) is 83.0 Å². The van der Waals surface area contributed by atoms with Gasteiger partial charge in [0.25, 0.3) is 0 Å². The number of rotatable bonds is 6. The van der Waals surface area contributed by atoms with Gasteiger partial charge in [0.15, 0.2) is 0 Å². The number of likely N-dealkylation sites (tertiary alicyclic amines) is 1. The molecule has 0 unspecified atom stereocenters. The predicted molar refractivity (Wildman–Crippen MR) is 128 cm³/mol. The van der Waals surface area contributed by atoms with Crippen molar-refractivity contribution in [2.45, 2.75) is 32.6 Å². The van der Waals surface area contributed by atoms with E-state index in [2.05, 4.69) is 20.6 Å². The summed E-state index contributed by atoms with van der Waals surface area (Å²) in [6.45, 7) is 5.56. The lowest BCUT2D eigenvalue weighted by molar-refractivity contribution is -0.130. The molecule has 0 atom stereocenters. The molecule has 1 fully saturated rings. The highest BCUT2D eigenvalue weighted by atomic mass is 35.5. The molecule has 8 heteroatoms. The first-order valence-corrected chi connectivity index (χ1v) is 11.2. The number of nitrogens with one attached hydrogen (secondary N) is 2. The molecule has 2 aromatic heterocycles. The van der Waals surface area contributed by atoms with E-state index in [1.54, 1.807) is 6.20 Å². The van der Waals surface area contributed by atoms with E-state index in [4.69, 9.17) is 16.6 Å². The lowest BCUT2D eigenvalue weighted by Crippen LogP contribution is -2.41. The highest BCUT2D eigenvalue weighted by Gasteiger charge is 2.26. The van der Waals surface area contributed by atoms with Crippen molar-refractivity contribution in [2.24, 2.45) is 0 Å². The molecule has 3 aromatic rings. The number of carbonyl (C=O) groups excluding carboxylic acids is 1. The Kier molecular flexibility index (Phi) is 6.85. The first-order chi connectivity index (χ1) is 15.5. The Morgan fingerprint density at radius 1 is 1.09 bits per heavy atom. The minimum Gasteiger partial charge on any atom is -0.376 e. The maximum atomic E-state index is 12.7. The van der Waals surface area contributed by atoms with Gasteiger partial charge in [-0.2, -0.15) is 0 Å². The number of nitrogens with zero attached hydrogens (tertiary/aromatic N) is 4. The standard InChI is InChI=1S/C24H27ClN6O/c1-16-14-22(29-21-8-3-4-11-26-21)30-24(28-16)18-9-12-31(13-10-18)23(32)15-27-20-7-5-6-19(25)17(20)2/h3-8,11,14,18,27H,9-10,12-13,15H2,1-2H3,(H,26,28,29,30). The Morgan fingerprint density at radius 2 is 1.91 bits per heavy atom. The van der Waals surface area contributed by atoms with Crippen molar-refractivity contribution in [3.05, 3.63) is 70.8 Å². The van der Waals surface area contributed by atoms with Crippen LogP contribution in [0.25, 0.3) is 0 Å². The van der Waals surface area contributed by atoms with Crippen LogP contribution in [0.1, 0.15) is 35.8 Å². The molecule has 0 aliphatic carbocycles. The molecule has 1 aromatic carbocycles. The molecule has 7 nitrogen and oxygen atoms in total. The van der Waals surface area contributed by atoms with Gasteiger partial charge in [0.2, 0.25) is 5.91 Å². The van der Waals surface area contributed by atoms with E-state index in [1.165, 1.54) is 0 Å². The van der Waals surface area contributed by atoms with Crippen molar-refractivity contribution in [3.8, 4) is 0 Å². The fourth-order valence-corrected chi connectivity index (χ4v) is 4.05. The Balaban J connectivity index is 1.34. The highest BCUT2D eigenvalue weighted by molar-refractivity contribution is 6.31. The SMILES string of the molecule is Cc1cc(Nc2ccccn2)nc(C2CCN(C(=O)CNc3cccc(Cl)c3C)CC2)n1. The smallest absolute Gasteiger partial charge is 0.241 e. The molecule has 0 spiro atoms. The van der Waals surface area contributed by atoms with Crippen LogP contribution in [0.3, 0.4) is 0 Å². The van der Waals surface area contributed by atoms with Crippen LogP contribution in [0.4, 0.5) is 17.3 Å². The molecule has 0 radical (unpaired) electrons. The van der Waals surface area contributed by atoms with Crippen molar-refractivity contribution >= 4 is 34.8 Å². The zero-order valence-electron chi connectivity index (χ0n) is 18.3. The highest BCUT2D eigenvalue weighted by Crippen LogP contribution is 2.28. The van der Waals surface area contributed by atoms with Gasteiger partial charge < -0.3 is 15.5 Å². The second kappa shape index (κ2) is 9.96. The Morgan fingerprint density at radius 3 is 2.66 bits per heavy atom. The second-order valence-corrected chi connectivity index (χ2v) is 8.42. The summed E-state index contributed by atoms with van der Waals surface area (Å²) in [5.41, 5.74) is 2.75. The van der Waals surface area contributed by atoms with Crippen LogP contribution >= 0.6 is 11.6 Å². The van der Waals surface area contributed by atoms with Crippen LogP contribution in [0.2, 0.25) is 5.02 Å². The van der Waals surface area contributed by atoms with Crippen LogP contribution in [-0.4, -0.2) is 45.4 Å². The summed E-state index contributed by atoms with van der Waals surface area (Å²) in [5.74, 6) is 2.63. The number of aryl methyl sites for hydroxylation is 1. The Labute approximate surface area is 193 Å². The molecule has 1 aliphatic rings. The third kappa shape index (κ3) is 5.34. The van der Waals surface area contributed by atoms with E-state index < -0.39 is 0 Å². The zero-order valence-corrected chi connectivity index (χ0v) is 19.1. The maximum absolute atomic E-state index is 12.7. The van der Waals surface area contributed by atoms with E-state index >= 15 is 0 Å². The minimum atomic E-state index is 0.0884. The van der Waals surface area contributed by atoms with Crippen LogP contribution in [-0.2, 0) is 4.79 Å². The third-order valence-corrected chi connectivity index (χ3v) is 6.11. The largest absolute Gasteiger partial charge is 0.376 e. The molecule has 32 heavy (non-hydrogen) atoms. The fraction of sp³-hybridized carbons (Fsp3) is 0.333. The lowest BCUT2D eigenvalue weighted by atomic mass is 9.95. The number of hydrogen-bond acceptors (Lipinski definition) is 6. The molecule has 0 bridgehead atoms. The first-order valence-electron chi connectivity index (χ1n) is 10.8. The molecule has 2 N–H and O–H groups in total. The van der Waals surface area contributed by atoms with Crippen LogP contribution in [0.5, 0.6) is 0 Å². The maximum Gasteiger partial charge on any atom is 0.241 e. The van der Waals surface area contributed by atoms with Gasteiger partial charge in [0.05, 0.1) is 6.54 Å². The molecule has 1 saturated heterocycles. The van der Waals surface area contributed by atoms with Crippen LogP contribution < -0.4 is 10.6 Å². The number of piperidine rings is 1. The summed E-state index contributed by atoms with van der Waals surface area (Å²) in [5, 5.41) is 7.16. The van der Waals surface area contributed by atoms with E-state index in [1.807, 2.05) is 61.2 Å². The molecule has 0 saturated carbocycles. The number of benzene rings is 1. The predicted octanol–water partition coefficient (Wildman–Crippen LogP) is 4.70. The summed E-state index contributed by atoms with van der Waals surface area (Å²) >= 11 is 6.16. The van der Waals surface area contributed by atoms with Gasteiger partial charge in [0.1, 0.15) is 17.5 Å². The van der Waals surface area contributed by atoms with Gasteiger partial charge in [-0.1, -0.05) is 23.7 Å². The van der Waals surface area contributed by atoms with E-state index in [9.17, 15) is 4.79 Å². The molecule has 1 amide bonds. The normalized spacial score (nSPS) is 14.3. The first kappa shape index (κ1) is 22.0. The minimum absolute atomic E-state index is 0.0884. The van der Waals surface area contributed by atoms with E-state index in [0.717, 1.165) is 47.2 Å². The average Bonchev–Trinajstić information content (AvgIpc) is 2.80. The molecule has 4 rings (SSSR count). The monoisotopic (exact) mass is 450 g/mol. The van der Waals surface area contributed by atoms with Gasteiger partial charge in [-0.25, -0.2) is 15.0 Å².